The van der Waals surface area contributed by atoms with Crippen molar-refractivity contribution >= 4 is 36.5 Å². The maximum Gasteiger partial charge on any atom is 0.428 e. The lowest BCUT2D eigenvalue weighted by molar-refractivity contribution is 1.37. The topological polar surface area (TPSA) is 26.0 Å². The molecule has 0 aliphatic heterocycles. The lowest BCUT2D eigenvalue weighted by atomic mass is 10.4. The zero-order valence-corrected chi connectivity index (χ0v) is 8.02. The number of benzene rings is 1. The van der Waals surface area contributed by atoms with Crippen LogP contribution in [0.2, 0.25) is 0 Å². The molecule has 1 aromatic carbocycles. The molecule has 0 fully saturated rings. The van der Waals surface area contributed by atoms with E-state index in [-0.39, 0.29) is 32.8 Å². The van der Waals surface area contributed by atoms with Crippen LogP contribution in [0.5, 0.6) is 0 Å². The molecule has 0 heterocycles. The zero-order valence-electron chi connectivity index (χ0n) is 5.79. The minimum Gasteiger partial charge on any atom is -0.355 e. The Morgan fingerprint density at radius 2 is 1.80 bits per heavy atom. The first-order valence-corrected chi connectivity index (χ1v) is 4.88. The molecule has 52 valence electrons. The third kappa shape index (κ3) is 3.42. The minimum absolute atomic E-state index is 0. The molecule has 3 heteroatoms. The van der Waals surface area contributed by atoms with E-state index in [2.05, 4.69) is 24.3 Å². The van der Waals surface area contributed by atoms with E-state index < -0.39 is 0 Å². The van der Waals surface area contributed by atoms with E-state index in [4.69, 9.17) is 5.73 Å². The van der Waals surface area contributed by atoms with E-state index in [9.17, 15) is 0 Å². The lowest BCUT2D eigenvalue weighted by Gasteiger charge is -1.91. The number of hydrogen-bond donors (Lipinski definition) is 1. The Bertz CT molecular complexity index is 167. The summed E-state index contributed by atoms with van der Waals surface area (Å²) >= 11 is -0.123. The van der Waals surface area contributed by atoms with Crippen molar-refractivity contribution in [3.8, 4) is 0 Å². The molecule has 0 aliphatic carbocycles. The van der Waals surface area contributed by atoms with E-state index >= 15 is 0 Å². The van der Waals surface area contributed by atoms with Crippen LogP contribution in [0.4, 0.5) is 0 Å². The van der Waals surface area contributed by atoms with Gasteiger partial charge in [0.25, 0.3) is 0 Å². The highest BCUT2D eigenvalue weighted by Crippen LogP contribution is 1.79. The van der Waals surface area contributed by atoms with Gasteiger partial charge in [-0.2, -0.15) is 3.69 Å². The number of rotatable bonds is 2. The van der Waals surface area contributed by atoms with Crippen LogP contribution in [-0.4, -0.2) is 25.0 Å². The highest BCUT2D eigenvalue weighted by molar-refractivity contribution is 6.53. The van der Waals surface area contributed by atoms with Gasteiger partial charge in [-0.25, -0.2) is 0 Å². The summed E-state index contributed by atoms with van der Waals surface area (Å²) in [7, 11) is 0. The fourth-order valence-corrected chi connectivity index (χ4v) is 1.75. The summed E-state index contributed by atoms with van der Waals surface area (Å²) in [6.07, 6.45) is 0. The molecule has 10 heavy (non-hydrogen) atoms. The van der Waals surface area contributed by atoms with Crippen molar-refractivity contribution in [2.75, 3.05) is 4.67 Å². The van der Waals surface area contributed by atoms with Gasteiger partial charge in [0.2, 0.25) is 0 Å². The lowest BCUT2D eigenvalue weighted by Crippen LogP contribution is -2.22. The van der Waals surface area contributed by atoms with Crippen molar-refractivity contribution in [3.63, 3.8) is 0 Å². The summed E-state index contributed by atoms with van der Waals surface area (Å²) in [5.74, 6) is 0. The molecule has 0 amide bonds. The normalized spacial score (nSPS) is 7.70. The number of halogens is 1. The van der Waals surface area contributed by atoms with E-state index in [1.165, 1.54) is 3.69 Å². The highest BCUT2D eigenvalue weighted by atomic mass is 35.5. The van der Waals surface area contributed by atoms with Crippen molar-refractivity contribution in [2.45, 2.75) is 0 Å². The minimum atomic E-state index is -0.123. The van der Waals surface area contributed by atoms with E-state index in [0.717, 1.165) is 4.67 Å². The third-order valence-electron chi connectivity index (χ3n) is 1.28. The fraction of sp³-hybridized carbons (Fsp3) is 0.143. The van der Waals surface area contributed by atoms with Crippen molar-refractivity contribution in [2.24, 2.45) is 5.73 Å². The molecular formula is C7H10ClMgN. The van der Waals surface area contributed by atoms with Gasteiger partial charge < -0.3 is 5.73 Å². The van der Waals surface area contributed by atoms with Crippen molar-refractivity contribution in [3.05, 3.63) is 30.3 Å². The van der Waals surface area contributed by atoms with Gasteiger partial charge in [0.05, 0.1) is 0 Å². The summed E-state index contributed by atoms with van der Waals surface area (Å²) in [5, 5.41) is 0. The Hall–Kier alpha value is 0.236. The molecule has 1 nitrogen and oxygen atoms in total. The molecule has 0 aromatic heterocycles. The zero-order chi connectivity index (χ0) is 6.53. The third-order valence-corrected chi connectivity index (χ3v) is 2.61. The van der Waals surface area contributed by atoms with Crippen LogP contribution in [0.1, 0.15) is 0 Å². The first-order chi connectivity index (χ1) is 4.43. The average Bonchev–Trinajstić information content (AvgIpc) is 1.91. The second-order valence-electron chi connectivity index (χ2n) is 2.02. The quantitative estimate of drug-likeness (QED) is 0.633. The molecule has 0 saturated heterocycles. The molecule has 0 radical (unpaired) electrons. The van der Waals surface area contributed by atoms with Crippen LogP contribution < -0.4 is 9.43 Å². The molecular weight excluding hydrogens is 158 g/mol. The van der Waals surface area contributed by atoms with Gasteiger partial charge in [-0.3, -0.25) is 0 Å². The van der Waals surface area contributed by atoms with Gasteiger partial charge in [0.15, 0.2) is 0 Å². The smallest absolute Gasteiger partial charge is 0.355 e. The second-order valence-corrected chi connectivity index (χ2v) is 3.92. The summed E-state index contributed by atoms with van der Waals surface area (Å²) in [4.78, 5) is 0. The summed E-state index contributed by atoms with van der Waals surface area (Å²) in [5.41, 5.74) is 5.42. The number of hydrogen-bond acceptors (Lipinski definition) is 1. The predicted octanol–water partition coefficient (Wildman–Crippen LogP) is 0.354. The van der Waals surface area contributed by atoms with Crippen LogP contribution in [0.25, 0.3) is 0 Å². The van der Waals surface area contributed by atoms with Crippen LogP contribution in [0.3, 0.4) is 0 Å². The van der Waals surface area contributed by atoms with E-state index in [1.807, 2.05) is 6.07 Å². The van der Waals surface area contributed by atoms with Crippen molar-refractivity contribution in [1.82, 2.24) is 0 Å². The van der Waals surface area contributed by atoms with Gasteiger partial charge in [-0.05, 0) is 0 Å². The highest BCUT2D eigenvalue weighted by Gasteiger charge is 1.91. The summed E-state index contributed by atoms with van der Waals surface area (Å²) < 4.78 is 2.34. The Morgan fingerprint density at radius 1 is 1.20 bits per heavy atom. The van der Waals surface area contributed by atoms with Crippen molar-refractivity contribution < 1.29 is 0 Å². The van der Waals surface area contributed by atoms with Gasteiger partial charge in [0.1, 0.15) is 0 Å². The van der Waals surface area contributed by atoms with Crippen LogP contribution in [0.15, 0.2) is 30.3 Å². The average molecular weight is 168 g/mol. The maximum atomic E-state index is 5.42. The monoisotopic (exact) mass is 167 g/mol. The molecule has 1 aromatic rings. The largest absolute Gasteiger partial charge is 0.428 e. The van der Waals surface area contributed by atoms with Gasteiger partial charge >= 0.3 is 20.4 Å². The number of nitrogens with two attached hydrogens (primary N) is 1. The molecule has 2 N–H and O–H groups in total. The van der Waals surface area contributed by atoms with Crippen LogP contribution in [0, 0.1) is 0 Å². The molecule has 0 aliphatic rings. The fourth-order valence-electron chi connectivity index (χ4n) is 0.811. The first kappa shape index (κ1) is 10.2. The second kappa shape index (κ2) is 5.98. The molecule has 0 atom stereocenters. The van der Waals surface area contributed by atoms with Gasteiger partial charge in [-0.1, -0.05) is 35.0 Å². The first-order valence-electron chi connectivity index (χ1n) is 3.17. The summed E-state index contributed by atoms with van der Waals surface area (Å²) in [6, 6.07) is 10.5. The Kier molecular flexibility index (Phi) is 6.12. The Labute approximate surface area is 77.1 Å². The van der Waals surface area contributed by atoms with Gasteiger partial charge in [0, 0.05) is 0 Å². The van der Waals surface area contributed by atoms with E-state index in [1.54, 1.807) is 0 Å². The molecule has 0 saturated carbocycles. The Balaban J connectivity index is 0.000000810. The van der Waals surface area contributed by atoms with Gasteiger partial charge in [-0.15, -0.1) is 12.4 Å². The summed E-state index contributed by atoms with van der Waals surface area (Å²) in [6.45, 7) is 0. The molecule has 0 spiro atoms. The standard InChI is InChI=1S/C6H5.CH4N.ClH.Mg/c1-2-4-6-5-3-1;1-2;;/h1-5H;1-2H2;1H;. The SMILES string of the molecule is Cl.N[CH2][Mg][c]1ccccc1. The van der Waals surface area contributed by atoms with Crippen molar-refractivity contribution in [1.29, 1.82) is 0 Å². The molecule has 0 bridgehead atoms. The Morgan fingerprint density at radius 3 is 2.30 bits per heavy atom. The van der Waals surface area contributed by atoms with Crippen LogP contribution >= 0.6 is 12.4 Å². The molecule has 0 unspecified atom stereocenters. The maximum absolute atomic E-state index is 5.42. The predicted molar refractivity (Wildman–Crippen MR) is 48.1 cm³/mol. The molecule has 1 rings (SSSR count). The van der Waals surface area contributed by atoms with E-state index in [0.29, 0.717) is 0 Å². The van der Waals surface area contributed by atoms with Crippen LogP contribution in [-0.2, 0) is 0 Å².